The van der Waals surface area contributed by atoms with Crippen molar-refractivity contribution >= 4 is 5.69 Å². The summed E-state index contributed by atoms with van der Waals surface area (Å²) in [5.74, 6) is 0.950. The number of hydrogen-bond acceptors (Lipinski definition) is 3. The summed E-state index contributed by atoms with van der Waals surface area (Å²) in [5, 5.41) is 7.18. The number of aryl methyl sites for hydroxylation is 1. The second-order valence-electron chi connectivity index (χ2n) is 5.83. The summed E-state index contributed by atoms with van der Waals surface area (Å²) in [4.78, 5) is 0. The zero-order valence-electron chi connectivity index (χ0n) is 11.8. The van der Waals surface area contributed by atoms with Crippen molar-refractivity contribution in [2.45, 2.75) is 45.2 Å². The van der Waals surface area contributed by atoms with Crippen LogP contribution in [0.2, 0.25) is 0 Å². The number of benzene rings is 1. The highest BCUT2D eigenvalue weighted by molar-refractivity contribution is 5.51. The highest BCUT2D eigenvalue weighted by Gasteiger charge is 2.27. The third-order valence-electron chi connectivity index (χ3n) is 3.62. The van der Waals surface area contributed by atoms with Crippen LogP contribution in [-0.2, 0) is 0 Å². The minimum atomic E-state index is 0.234. The second-order valence-corrected chi connectivity index (χ2v) is 5.83. The predicted molar refractivity (Wildman–Crippen MR) is 76.5 cm³/mol. The molecule has 18 heavy (non-hydrogen) atoms. The molecule has 1 saturated heterocycles. The second kappa shape index (κ2) is 5.19. The average molecular weight is 248 g/mol. The lowest BCUT2D eigenvalue weighted by atomic mass is 9.89. The molecule has 1 unspecified atom stereocenters. The van der Waals surface area contributed by atoms with E-state index in [1.54, 1.807) is 7.11 Å². The van der Waals surface area contributed by atoms with Gasteiger partial charge in [0.05, 0.1) is 7.11 Å². The molecular weight excluding hydrogens is 224 g/mol. The van der Waals surface area contributed by atoms with Crippen LogP contribution in [0.25, 0.3) is 0 Å². The molecule has 0 aromatic heterocycles. The van der Waals surface area contributed by atoms with Crippen molar-refractivity contribution in [1.29, 1.82) is 0 Å². The van der Waals surface area contributed by atoms with E-state index in [2.05, 4.69) is 43.5 Å². The lowest BCUT2D eigenvalue weighted by Gasteiger charge is -2.37. The van der Waals surface area contributed by atoms with E-state index >= 15 is 0 Å². The number of ether oxygens (including phenoxy) is 1. The molecular formula is C15H24N2O. The largest absolute Gasteiger partial charge is 0.496 e. The summed E-state index contributed by atoms with van der Waals surface area (Å²) >= 11 is 0. The maximum absolute atomic E-state index is 5.29. The standard InChI is InChI=1S/C15H24N2O/c1-11-9-12(5-6-14(11)18-4)17-13-7-8-16-15(2,3)10-13/h5-6,9,13,16-17H,7-8,10H2,1-4H3. The van der Waals surface area contributed by atoms with Crippen molar-refractivity contribution in [3.8, 4) is 5.75 Å². The molecule has 1 fully saturated rings. The van der Waals surface area contributed by atoms with Crippen LogP contribution in [0, 0.1) is 6.92 Å². The number of anilines is 1. The number of nitrogens with one attached hydrogen (secondary N) is 2. The van der Waals surface area contributed by atoms with Crippen molar-refractivity contribution in [2.75, 3.05) is 19.0 Å². The van der Waals surface area contributed by atoms with E-state index in [0.29, 0.717) is 6.04 Å². The predicted octanol–water partition coefficient (Wildman–Crippen LogP) is 2.95. The number of piperidine rings is 1. The van der Waals surface area contributed by atoms with Gasteiger partial charge in [-0.2, -0.15) is 0 Å². The van der Waals surface area contributed by atoms with E-state index < -0.39 is 0 Å². The molecule has 0 bridgehead atoms. The molecule has 1 aliphatic rings. The fraction of sp³-hybridized carbons (Fsp3) is 0.600. The summed E-state index contributed by atoms with van der Waals surface area (Å²) in [5.41, 5.74) is 2.60. The van der Waals surface area contributed by atoms with Crippen LogP contribution in [0.15, 0.2) is 18.2 Å². The Morgan fingerprint density at radius 1 is 1.39 bits per heavy atom. The van der Waals surface area contributed by atoms with Gasteiger partial charge >= 0.3 is 0 Å². The molecule has 1 aliphatic heterocycles. The van der Waals surface area contributed by atoms with Crippen LogP contribution in [0.3, 0.4) is 0 Å². The molecule has 0 saturated carbocycles. The van der Waals surface area contributed by atoms with Gasteiger partial charge in [-0.05, 0) is 63.9 Å². The Balaban J connectivity index is 2.03. The first-order valence-electron chi connectivity index (χ1n) is 6.66. The van der Waals surface area contributed by atoms with Gasteiger partial charge in [0.15, 0.2) is 0 Å². The van der Waals surface area contributed by atoms with Crippen molar-refractivity contribution in [1.82, 2.24) is 5.32 Å². The highest BCUT2D eigenvalue weighted by Crippen LogP contribution is 2.25. The molecule has 100 valence electrons. The van der Waals surface area contributed by atoms with Gasteiger partial charge in [0.1, 0.15) is 5.75 Å². The van der Waals surface area contributed by atoms with Crippen LogP contribution in [0.1, 0.15) is 32.3 Å². The topological polar surface area (TPSA) is 33.3 Å². The molecule has 0 aliphatic carbocycles. The highest BCUT2D eigenvalue weighted by atomic mass is 16.5. The lowest BCUT2D eigenvalue weighted by Crippen LogP contribution is -2.50. The summed E-state index contributed by atoms with van der Waals surface area (Å²) in [7, 11) is 1.71. The van der Waals surface area contributed by atoms with Crippen molar-refractivity contribution in [3.63, 3.8) is 0 Å². The van der Waals surface area contributed by atoms with E-state index in [-0.39, 0.29) is 5.54 Å². The Hall–Kier alpha value is -1.22. The first kappa shape index (κ1) is 13.2. The molecule has 0 radical (unpaired) electrons. The molecule has 0 spiro atoms. The maximum atomic E-state index is 5.29. The Labute approximate surface area is 110 Å². The van der Waals surface area contributed by atoms with Crippen molar-refractivity contribution < 1.29 is 4.74 Å². The zero-order valence-corrected chi connectivity index (χ0v) is 11.8. The van der Waals surface area contributed by atoms with Crippen LogP contribution < -0.4 is 15.4 Å². The molecule has 1 aromatic rings. The molecule has 2 rings (SSSR count). The minimum absolute atomic E-state index is 0.234. The molecule has 2 N–H and O–H groups in total. The van der Waals surface area contributed by atoms with E-state index in [1.165, 1.54) is 17.7 Å². The van der Waals surface area contributed by atoms with Gasteiger partial charge in [-0.15, -0.1) is 0 Å². The molecule has 3 nitrogen and oxygen atoms in total. The minimum Gasteiger partial charge on any atom is -0.496 e. The van der Waals surface area contributed by atoms with Gasteiger partial charge in [-0.1, -0.05) is 0 Å². The van der Waals surface area contributed by atoms with Gasteiger partial charge in [-0.25, -0.2) is 0 Å². The Kier molecular flexibility index (Phi) is 3.81. The summed E-state index contributed by atoms with van der Waals surface area (Å²) in [6, 6.07) is 6.84. The molecule has 3 heteroatoms. The fourth-order valence-corrected chi connectivity index (χ4v) is 2.70. The average Bonchev–Trinajstić information content (AvgIpc) is 2.28. The summed E-state index contributed by atoms with van der Waals surface area (Å²) in [6.07, 6.45) is 2.33. The Bertz CT molecular complexity index is 415. The first-order valence-corrected chi connectivity index (χ1v) is 6.66. The van der Waals surface area contributed by atoms with Crippen LogP contribution in [0.5, 0.6) is 5.75 Å². The van der Waals surface area contributed by atoms with Gasteiger partial charge in [0, 0.05) is 17.3 Å². The monoisotopic (exact) mass is 248 g/mol. The van der Waals surface area contributed by atoms with E-state index in [1.807, 2.05) is 6.07 Å². The molecule has 1 aromatic carbocycles. The number of methoxy groups -OCH3 is 1. The Morgan fingerprint density at radius 2 is 2.17 bits per heavy atom. The first-order chi connectivity index (χ1) is 8.50. The summed E-state index contributed by atoms with van der Waals surface area (Å²) in [6.45, 7) is 7.69. The summed E-state index contributed by atoms with van der Waals surface area (Å²) < 4.78 is 5.29. The fourth-order valence-electron chi connectivity index (χ4n) is 2.70. The SMILES string of the molecule is COc1ccc(NC2CCNC(C)(C)C2)cc1C. The van der Waals surface area contributed by atoms with Gasteiger partial charge in [-0.3, -0.25) is 0 Å². The van der Waals surface area contributed by atoms with Crippen molar-refractivity contribution in [3.05, 3.63) is 23.8 Å². The number of rotatable bonds is 3. The van der Waals surface area contributed by atoms with E-state index in [9.17, 15) is 0 Å². The lowest BCUT2D eigenvalue weighted by molar-refractivity contribution is 0.286. The van der Waals surface area contributed by atoms with Crippen LogP contribution in [0.4, 0.5) is 5.69 Å². The molecule has 1 atom stereocenters. The normalized spacial score (nSPS) is 22.6. The zero-order chi connectivity index (χ0) is 13.2. The smallest absolute Gasteiger partial charge is 0.121 e. The van der Waals surface area contributed by atoms with E-state index in [4.69, 9.17) is 4.74 Å². The Morgan fingerprint density at radius 3 is 2.78 bits per heavy atom. The van der Waals surface area contributed by atoms with E-state index in [0.717, 1.165) is 18.7 Å². The van der Waals surface area contributed by atoms with Crippen molar-refractivity contribution in [2.24, 2.45) is 0 Å². The molecule has 1 heterocycles. The third kappa shape index (κ3) is 3.16. The third-order valence-corrected chi connectivity index (χ3v) is 3.62. The molecule has 0 amide bonds. The van der Waals surface area contributed by atoms with Crippen LogP contribution in [-0.4, -0.2) is 25.2 Å². The van der Waals surface area contributed by atoms with Gasteiger partial charge in [0.2, 0.25) is 0 Å². The van der Waals surface area contributed by atoms with Gasteiger partial charge in [0.25, 0.3) is 0 Å². The maximum Gasteiger partial charge on any atom is 0.121 e. The van der Waals surface area contributed by atoms with Gasteiger partial charge < -0.3 is 15.4 Å². The van der Waals surface area contributed by atoms with Crippen LogP contribution >= 0.6 is 0 Å². The number of hydrogen-bond donors (Lipinski definition) is 2. The quantitative estimate of drug-likeness (QED) is 0.863.